The Hall–Kier alpha value is -3.76. The van der Waals surface area contributed by atoms with Gasteiger partial charge in [0.1, 0.15) is 38.2 Å². The van der Waals surface area contributed by atoms with Crippen LogP contribution in [-0.2, 0) is 41.7 Å². The van der Waals surface area contributed by atoms with Gasteiger partial charge in [0.15, 0.2) is 0 Å². The third-order valence-electron chi connectivity index (χ3n) is 5.50. The Balaban J connectivity index is 1.58. The normalized spacial score (nSPS) is 13.6. The van der Waals surface area contributed by atoms with E-state index in [1.807, 2.05) is 0 Å². The molecule has 2 heterocycles. The van der Waals surface area contributed by atoms with Crippen molar-refractivity contribution in [2.45, 2.75) is 14.7 Å². The number of aromatic amines is 2. The zero-order valence-corrected chi connectivity index (χ0v) is 22.5. The lowest BCUT2D eigenvalue weighted by Crippen LogP contribution is -2.04. The van der Waals surface area contributed by atoms with Crippen LogP contribution in [0.15, 0.2) is 63.2 Å². The minimum Gasteiger partial charge on any atom is -0.380 e. The summed E-state index contributed by atoms with van der Waals surface area (Å²) in [6, 6.07) is 9.57. The van der Waals surface area contributed by atoms with Crippen molar-refractivity contribution in [1.82, 2.24) is 19.9 Å². The van der Waals surface area contributed by atoms with Crippen LogP contribution in [0.3, 0.4) is 0 Å². The minimum atomic E-state index is -4.93. The van der Waals surface area contributed by atoms with Gasteiger partial charge in [-0.1, -0.05) is 24.3 Å². The lowest BCUT2D eigenvalue weighted by Gasteiger charge is -2.03. The molecular weight excluding hydrogens is 617 g/mol. The molecule has 2 aromatic heterocycles. The summed E-state index contributed by atoms with van der Waals surface area (Å²) in [5, 5.41) is 0. The van der Waals surface area contributed by atoms with Crippen LogP contribution in [0.1, 0.15) is 0 Å². The molecule has 210 valence electrons. The summed E-state index contributed by atoms with van der Waals surface area (Å²) < 4.78 is 124. The van der Waals surface area contributed by atoms with Crippen LogP contribution >= 0.6 is 0 Å². The molecule has 0 fully saturated rings. The highest BCUT2D eigenvalue weighted by Crippen LogP contribution is 2.32. The molecule has 1 atom stereocenters. The largest absolute Gasteiger partial charge is 0.380 e. The smallest absolute Gasteiger partial charge is 0.357 e. The topological polar surface area (TPSA) is 267 Å². The average Bonchev–Trinajstić information content (AvgIpc) is 3.45. The van der Waals surface area contributed by atoms with Crippen molar-refractivity contribution in [3.8, 4) is 28.5 Å². The molecule has 5 rings (SSSR count). The highest BCUT2D eigenvalue weighted by molar-refractivity contribution is 7.87. The molecule has 0 amide bonds. The van der Waals surface area contributed by atoms with E-state index >= 15 is 0 Å². The molecule has 40 heavy (non-hydrogen) atoms. The van der Waals surface area contributed by atoms with Gasteiger partial charge in [-0.15, -0.1) is 0 Å². The van der Waals surface area contributed by atoms with Gasteiger partial charge in [0, 0.05) is 23.3 Å². The molecule has 0 bridgehead atoms. The average molecular weight is 631 g/mol. The maximum atomic E-state index is 11.9. The van der Waals surface area contributed by atoms with E-state index in [9.17, 15) is 43.1 Å². The molecule has 1 unspecified atom stereocenters. The predicted octanol–water partition coefficient (Wildman–Crippen LogP) is 2.03. The van der Waals surface area contributed by atoms with E-state index in [4.69, 9.17) is 4.55 Å². The number of nitrogens with zero attached hydrogens (tertiary/aromatic N) is 2. The zero-order chi connectivity index (χ0) is 29.2. The number of hydrogen-bond donors (Lipinski definition) is 6. The Morgan fingerprint density at radius 3 is 1.55 bits per heavy atom. The molecule has 0 spiro atoms. The minimum absolute atomic E-state index is 0.0549. The van der Waals surface area contributed by atoms with Gasteiger partial charge in [-0.25, -0.2) is 9.97 Å². The van der Waals surface area contributed by atoms with Crippen LogP contribution in [0.2, 0.25) is 0 Å². The number of hydrogen-bond acceptors (Lipinski definition) is 10. The van der Waals surface area contributed by atoms with E-state index in [2.05, 4.69) is 24.1 Å². The Bertz CT molecular complexity index is 2190. The summed E-state index contributed by atoms with van der Waals surface area (Å²) in [5.74, 6) is -0.140. The van der Waals surface area contributed by atoms with Gasteiger partial charge in [0.25, 0.3) is 30.4 Å². The van der Waals surface area contributed by atoms with Gasteiger partial charge in [-0.2, -0.15) is 29.5 Å². The van der Waals surface area contributed by atoms with Gasteiger partial charge in [0.05, 0.1) is 15.9 Å². The van der Waals surface area contributed by atoms with Gasteiger partial charge >= 0.3 is 11.4 Å². The highest BCUT2D eigenvalue weighted by atomic mass is 32.2. The second-order valence-electron chi connectivity index (χ2n) is 8.11. The van der Waals surface area contributed by atoms with Crippen molar-refractivity contribution in [1.29, 1.82) is 0 Å². The Morgan fingerprint density at radius 1 is 0.675 bits per heavy atom. The van der Waals surface area contributed by atoms with Gasteiger partial charge in [-0.05, 0) is 12.1 Å². The number of imidazole rings is 2. The first-order chi connectivity index (χ1) is 18.5. The molecule has 5 aromatic rings. The van der Waals surface area contributed by atoms with Crippen molar-refractivity contribution >= 4 is 63.8 Å². The Kier molecular flexibility index (Phi) is 6.54. The second kappa shape index (κ2) is 9.42. The molecule has 20 heteroatoms. The Labute approximate surface area is 226 Å². The maximum absolute atomic E-state index is 11.9. The number of H-pyrrole nitrogens is 2. The lowest BCUT2D eigenvalue weighted by molar-refractivity contribution is 0.455. The predicted molar refractivity (Wildman–Crippen MR) is 137 cm³/mol. The SMILES string of the molecule is O=S(O)Oc1cc(S(=O)(=O)O)c2nc(-c3ccc(-c4nc5c(S(=O)(=O)O)cc(S(=O)(=O)O)cc5[nH]4)cc3)[nH]c2c1. The molecule has 0 saturated heterocycles. The fourth-order valence-corrected chi connectivity index (χ4v) is 6.06. The summed E-state index contributed by atoms with van der Waals surface area (Å²) in [6.07, 6.45) is 0. The lowest BCUT2D eigenvalue weighted by atomic mass is 10.1. The molecule has 0 radical (unpaired) electrons. The number of fused-ring (bicyclic) bond motifs is 2. The van der Waals surface area contributed by atoms with E-state index in [0.717, 1.165) is 12.1 Å². The number of benzene rings is 3. The summed E-state index contributed by atoms with van der Waals surface area (Å²) in [5.41, 5.74) is 0.245. The second-order valence-corrected chi connectivity index (χ2v) is 12.9. The van der Waals surface area contributed by atoms with Crippen LogP contribution in [0, 0.1) is 0 Å². The highest BCUT2D eigenvalue weighted by Gasteiger charge is 2.24. The van der Waals surface area contributed by atoms with E-state index in [-0.39, 0.29) is 39.5 Å². The van der Waals surface area contributed by atoms with Crippen molar-refractivity contribution in [3.63, 3.8) is 0 Å². The zero-order valence-electron chi connectivity index (χ0n) is 19.2. The van der Waals surface area contributed by atoms with E-state index in [0.29, 0.717) is 17.2 Å². The summed E-state index contributed by atoms with van der Waals surface area (Å²) >= 11 is -2.77. The summed E-state index contributed by atoms with van der Waals surface area (Å²) in [7, 11) is -14.6. The Morgan fingerprint density at radius 2 is 1.12 bits per heavy atom. The third-order valence-corrected chi connectivity index (χ3v) is 8.40. The monoisotopic (exact) mass is 630 g/mol. The fraction of sp³-hybridized carbons (Fsp3) is 0. The van der Waals surface area contributed by atoms with Crippen LogP contribution in [0.5, 0.6) is 5.75 Å². The molecule has 16 nitrogen and oxygen atoms in total. The van der Waals surface area contributed by atoms with Crippen LogP contribution in [0.4, 0.5) is 0 Å². The van der Waals surface area contributed by atoms with E-state index in [1.165, 1.54) is 30.3 Å². The number of aromatic nitrogens is 4. The molecule has 0 aliphatic carbocycles. The molecule has 0 aliphatic heterocycles. The van der Waals surface area contributed by atoms with Crippen molar-refractivity contribution in [2.75, 3.05) is 0 Å². The van der Waals surface area contributed by atoms with Crippen molar-refractivity contribution in [2.24, 2.45) is 0 Å². The van der Waals surface area contributed by atoms with Crippen LogP contribution in [0.25, 0.3) is 44.8 Å². The summed E-state index contributed by atoms with van der Waals surface area (Å²) in [6.45, 7) is 0. The van der Waals surface area contributed by atoms with E-state index < -0.39 is 56.4 Å². The third kappa shape index (κ3) is 5.33. The standard InChI is InChI=1S/C20H14N4O12S4/c25-37(26)36-11-5-13-17(15(6-11)39(30,31)32)23-19(21-13)9-1-3-10(4-2-9)20-22-14-7-12(38(27,28)29)8-16(18(14)24-20)40(33,34)35/h1-8H,(H,21,23)(H,22,24)(H,25,26)(H,27,28,29)(H,30,31,32)(H,33,34,35). The number of nitrogens with one attached hydrogen (secondary N) is 2. The molecular formula is C20H14N4O12S4. The van der Waals surface area contributed by atoms with Gasteiger partial charge < -0.3 is 14.2 Å². The van der Waals surface area contributed by atoms with Crippen LogP contribution in [-0.4, -0.2) is 67.6 Å². The molecule has 3 aromatic carbocycles. The first-order valence-corrected chi connectivity index (χ1v) is 15.8. The molecule has 0 saturated carbocycles. The number of rotatable bonds is 7. The molecule has 6 N–H and O–H groups in total. The van der Waals surface area contributed by atoms with Gasteiger partial charge in [0.2, 0.25) is 0 Å². The quantitative estimate of drug-likeness (QED) is 0.111. The van der Waals surface area contributed by atoms with Gasteiger partial charge in [-0.3, -0.25) is 18.2 Å². The fourth-order valence-electron chi connectivity index (χ4n) is 3.85. The van der Waals surface area contributed by atoms with Crippen molar-refractivity contribution in [3.05, 3.63) is 48.5 Å². The van der Waals surface area contributed by atoms with Crippen molar-refractivity contribution < 1.29 is 51.9 Å². The first kappa shape index (κ1) is 27.8. The summed E-state index contributed by atoms with van der Waals surface area (Å²) in [4.78, 5) is 11.6. The van der Waals surface area contributed by atoms with Crippen LogP contribution < -0.4 is 4.18 Å². The maximum Gasteiger partial charge on any atom is 0.357 e. The molecule has 0 aliphatic rings. The first-order valence-electron chi connectivity index (χ1n) is 10.4. The van der Waals surface area contributed by atoms with E-state index in [1.54, 1.807) is 0 Å².